The lowest BCUT2D eigenvalue weighted by Crippen LogP contribution is -2.43. The predicted molar refractivity (Wildman–Crippen MR) is 160 cm³/mol. The molecule has 0 radical (unpaired) electrons. The molecule has 4 atom stereocenters. The van der Waals surface area contributed by atoms with Crippen LogP contribution in [0, 0.1) is 10.8 Å². The van der Waals surface area contributed by atoms with E-state index >= 15 is 0 Å². The first-order chi connectivity index (χ1) is 19.4. The van der Waals surface area contributed by atoms with Gasteiger partial charge in [-0.25, -0.2) is 14.5 Å². The maximum atomic E-state index is 13.5. The van der Waals surface area contributed by atoms with Gasteiger partial charge in [-0.05, 0) is 6.92 Å². The summed E-state index contributed by atoms with van der Waals surface area (Å²) in [6.45, 7) is 11.4. The van der Waals surface area contributed by atoms with Gasteiger partial charge in [0.15, 0.2) is 21.6 Å². The molecule has 0 amide bonds. The van der Waals surface area contributed by atoms with Gasteiger partial charge < -0.3 is 25.1 Å². The van der Waals surface area contributed by atoms with Crippen molar-refractivity contribution in [2.24, 2.45) is 10.8 Å². The van der Waals surface area contributed by atoms with E-state index in [1.807, 2.05) is 0 Å². The van der Waals surface area contributed by atoms with E-state index in [-0.39, 0.29) is 46.4 Å². The zero-order chi connectivity index (χ0) is 31.5. The average molecular weight is 650 g/mol. The summed E-state index contributed by atoms with van der Waals surface area (Å²) in [4.78, 5) is 32.5. The minimum absolute atomic E-state index is 0.0607. The van der Waals surface area contributed by atoms with Gasteiger partial charge in [0.05, 0.1) is 26.1 Å². The number of anilines is 1. The standard InChI is InChI=1S/C26H40N3O10PS2/c1-24(2,3)22(31)41-10-8-36-40(34,37-9-11-42-23(32)25(4,5)6)38-13-16-19(30)26(7,33)20(39-16)15-12-35-18-17(15)28-14-29-21(18)27/h12,14,16,19-20,30,33H,8-11,13H2,1-7H3,(H2,27,28,29)/t16-,19-,20+,26-/m1/s1. The number of phosphoric ester groups is 1. The Labute approximate surface area is 253 Å². The molecule has 1 aliphatic rings. The summed E-state index contributed by atoms with van der Waals surface area (Å²) in [6, 6.07) is 0. The molecule has 1 fully saturated rings. The zero-order valence-corrected chi connectivity index (χ0v) is 27.3. The second-order valence-corrected chi connectivity index (χ2v) is 15.8. The quantitative estimate of drug-likeness (QED) is 0.219. The molecule has 1 aliphatic heterocycles. The first kappa shape index (κ1) is 34.9. The zero-order valence-electron chi connectivity index (χ0n) is 24.8. The van der Waals surface area contributed by atoms with Crippen molar-refractivity contribution < 1.29 is 47.1 Å². The van der Waals surface area contributed by atoms with Crippen LogP contribution in [-0.4, -0.2) is 79.5 Å². The number of carbonyl (C=O) groups excluding carboxylic acids is 2. The van der Waals surface area contributed by atoms with E-state index in [1.54, 1.807) is 41.5 Å². The lowest BCUT2D eigenvalue weighted by atomic mass is 9.89. The van der Waals surface area contributed by atoms with Gasteiger partial charge in [0.25, 0.3) is 0 Å². The third-order valence-corrected chi connectivity index (χ3v) is 10.2. The number of aliphatic hydroxyl groups excluding tert-OH is 1. The highest BCUT2D eigenvalue weighted by atomic mass is 32.2. The normalized spacial score (nSPS) is 23.5. The molecule has 2 aromatic heterocycles. The SMILES string of the molecule is CC(C)(C)C(=O)SCCOP(=O)(OCCSC(=O)C(C)(C)C)OC[C@H]1O[C@@H](c2coc3c(N)ncnc23)[C@](C)(O)[C@@H]1O. The molecule has 16 heteroatoms. The number of aromatic nitrogens is 2. The van der Waals surface area contributed by atoms with Crippen molar-refractivity contribution >= 4 is 58.5 Å². The Morgan fingerprint density at radius 3 is 2.12 bits per heavy atom. The van der Waals surface area contributed by atoms with Crippen LogP contribution in [0.3, 0.4) is 0 Å². The van der Waals surface area contributed by atoms with Gasteiger partial charge in [-0.1, -0.05) is 65.1 Å². The predicted octanol–water partition coefficient (Wildman–Crippen LogP) is 4.13. The number of thioether (sulfide) groups is 2. The van der Waals surface area contributed by atoms with Gasteiger partial charge in [-0.15, -0.1) is 0 Å². The fraction of sp³-hybridized carbons (Fsp3) is 0.692. The lowest BCUT2D eigenvalue weighted by molar-refractivity contribution is -0.118. The number of nitrogens with two attached hydrogens (primary N) is 1. The van der Waals surface area contributed by atoms with Crippen LogP contribution in [0.25, 0.3) is 11.1 Å². The lowest BCUT2D eigenvalue weighted by Gasteiger charge is -2.26. The van der Waals surface area contributed by atoms with E-state index in [2.05, 4.69) is 9.97 Å². The number of aliphatic hydroxyl groups is 2. The Kier molecular flexibility index (Phi) is 11.3. The van der Waals surface area contributed by atoms with Crippen LogP contribution in [0.1, 0.15) is 60.1 Å². The Morgan fingerprint density at radius 1 is 1.05 bits per heavy atom. The number of fused-ring (bicyclic) bond motifs is 1. The highest BCUT2D eigenvalue weighted by Crippen LogP contribution is 2.51. The Bertz CT molecular complexity index is 1270. The van der Waals surface area contributed by atoms with E-state index in [9.17, 15) is 24.4 Å². The minimum Gasteiger partial charge on any atom is -0.458 e. The molecule has 0 saturated carbocycles. The minimum atomic E-state index is -4.24. The summed E-state index contributed by atoms with van der Waals surface area (Å²) in [5, 5.41) is 22.0. The molecule has 0 bridgehead atoms. The largest absolute Gasteiger partial charge is 0.474 e. The molecular formula is C26H40N3O10PS2. The molecule has 236 valence electrons. The van der Waals surface area contributed by atoms with E-state index in [4.69, 9.17) is 28.5 Å². The number of ether oxygens (including phenoxy) is 1. The molecule has 3 heterocycles. The molecule has 0 aliphatic carbocycles. The van der Waals surface area contributed by atoms with Gasteiger partial charge >= 0.3 is 7.82 Å². The highest BCUT2D eigenvalue weighted by molar-refractivity contribution is 8.14. The van der Waals surface area contributed by atoms with Crippen LogP contribution in [0.5, 0.6) is 0 Å². The number of hydrogen-bond donors (Lipinski definition) is 3. The monoisotopic (exact) mass is 649 g/mol. The summed E-state index contributed by atoms with van der Waals surface area (Å²) < 4.78 is 41.5. The summed E-state index contributed by atoms with van der Waals surface area (Å²) in [7, 11) is -4.24. The molecule has 1 saturated heterocycles. The van der Waals surface area contributed by atoms with E-state index in [0.29, 0.717) is 11.1 Å². The van der Waals surface area contributed by atoms with Crippen LogP contribution in [-0.2, 0) is 32.5 Å². The van der Waals surface area contributed by atoms with E-state index < -0.39 is 49.2 Å². The summed E-state index contributed by atoms with van der Waals surface area (Å²) >= 11 is 2.06. The molecule has 13 nitrogen and oxygen atoms in total. The Hall–Kier alpha value is -1.55. The molecule has 0 spiro atoms. The fourth-order valence-electron chi connectivity index (χ4n) is 3.79. The topological polar surface area (TPSA) is 194 Å². The van der Waals surface area contributed by atoms with Crippen LogP contribution in [0.2, 0.25) is 0 Å². The molecule has 0 unspecified atom stereocenters. The van der Waals surface area contributed by atoms with Crippen LogP contribution < -0.4 is 5.73 Å². The van der Waals surface area contributed by atoms with Crippen LogP contribution in [0.15, 0.2) is 17.0 Å². The summed E-state index contributed by atoms with van der Waals surface area (Å²) in [5.41, 5.74) is 3.77. The first-order valence-electron chi connectivity index (χ1n) is 13.3. The van der Waals surface area contributed by atoms with Gasteiger partial charge in [-0.2, -0.15) is 0 Å². The number of carbonyl (C=O) groups is 2. The number of furan rings is 1. The van der Waals surface area contributed by atoms with Crippen molar-refractivity contribution in [2.45, 2.75) is 72.4 Å². The highest BCUT2D eigenvalue weighted by Gasteiger charge is 2.54. The van der Waals surface area contributed by atoms with E-state index in [0.717, 1.165) is 23.5 Å². The van der Waals surface area contributed by atoms with Gasteiger partial charge in [0, 0.05) is 27.9 Å². The Morgan fingerprint density at radius 2 is 1.60 bits per heavy atom. The molecular weight excluding hydrogens is 609 g/mol. The molecule has 2 aromatic rings. The molecule has 3 rings (SSSR count). The Balaban J connectivity index is 1.68. The number of rotatable bonds is 12. The van der Waals surface area contributed by atoms with Crippen molar-refractivity contribution in [3.05, 3.63) is 18.2 Å². The summed E-state index contributed by atoms with van der Waals surface area (Å²) in [6.07, 6.45) is -1.17. The smallest absolute Gasteiger partial charge is 0.458 e. The molecule has 0 aromatic carbocycles. The van der Waals surface area contributed by atoms with Gasteiger partial charge in [-0.3, -0.25) is 23.2 Å². The van der Waals surface area contributed by atoms with Crippen molar-refractivity contribution in [1.29, 1.82) is 0 Å². The van der Waals surface area contributed by atoms with Gasteiger partial charge in [0.1, 0.15) is 35.8 Å². The fourth-order valence-corrected chi connectivity index (χ4v) is 6.79. The van der Waals surface area contributed by atoms with Crippen LogP contribution >= 0.6 is 31.3 Å². The third kappa shape index (κ3) is 8.54. The average Bonchev–Trinajstić information content (AvgIpc) is 3.41. The van der Waals surface area contributed by atoms with Crippen LogP contribution in [0.4, 0.5) is 5.82 Å². The number of phosphoric acid groups is 1. The van der Waals surface area contributed by atoms with Crippen molar-refractivity contribution in [3.63, 3.8) is 0 Å². The van der Waals surface area contributed by atoms with Gasteiger partial charge in [0.2, 0.25) is 0 Å². The maximum Gasteiger partial charge on any atom is 0.474 e. The third-order valence-electron chi connectivity index (χ3n) is 6.24. The number of hydrogen-bond acceptors (Lipinski definition) is 15. The second kappa shape index (κ2) is 13.6. The van der Waals surface area contributed by atoms with E-state index in [1.165, 1.54) is 19.5 Å². The number of nitrogen functional groups attached to an aromatic ring is 1. The molecule has 42 heavy (non-hydrogen) atoms. The molecule has 4 N–H and O–H groups in total. The number of nitrogens with zero attached hydrogens (tertiary/aromatic N) is 2. The first-order valence-corrected chi connectivity index (χ1v) is 16.7. The summed E-state index contributed by atoms with van der Waals surface area (Å²) in [5.74, 6) is 0.494. The maximum absolute atomic E-state index is 13.5. The van der Waals surface area contributed by atoms with Crippen molar-refractivity contribution in [3.8, 4) is 0 Å². The second-order valence-electron chi connectivity index (χ2n) is 12.0. The van der Waals surface area contributed by atoms with Crippen molar-refractivity contribution in [1.82, 2.24) is 9.97 Å². The van der Waals surface area contributed by atoms with Crippen molar-refractivity contribution in [2.75, 3.05) is 37.1 Å².